The predicted molar refractivity (Wildman–Crippen MR) is 112 cm³/mol. The molecule has 3 rings (SSSR count). The molecule has 1 aliphatic rings. The molecule has 1 saturated heterocycles. The average molecular weight is 437 g/mol. The van der Waals surface area contributed by atoms with Gasteiger partial charge in [-0.05, 0) is 50.8 Å². The van der Waals surface area contributed by atoms with Gasteiger partial charge in [0.05, 0.1) is 10.6 Å². The fourth-order valence-electron chi connectivity index (χ4n) is 3.90. The molecule has 0 unspecified atom stereocenters. The fourth-order valence-corrected chi connectivity index (χ4v) is 5.41. The Kier molecular flexibility index (Phi) is 6.62. The van der Waals surface area contributed by atoms with Gasteiger partial charge in [-0.2, -0.15) is 9.40 Å². The Labute approximate surface area is 177 Å². The Bertz CT molecular complexity index is 1030. The van der Waals surface area contributed by atoms with E-state index in [1.807, 2.05) is 25.6 Å². The molecule has 7 nitrogen and oxygen atoms in total. The Balaban J connectivity index is 1.55. The summed E-state index contributed by atoms with van der Waals surface area (Å²) in [7, 11) is -0.0343. The van der Waals surface area contributed by atoms with Crippen molar-refractivity contribution >= 4 is 15.9 Å². The van der Waals surface area contributed by atoms with Gasteiger partial charge in [-0.1, -0.05) is 6.07 Å². The van der Waals surface area contributed by atoms with Crippen LogP contribution in [0.5, 0.6) is 0 Å². The minimum absolute atomic E-state index is 0.0287. The van der Waals surface area contributed by atoms with Gasteiger partial charge in [0.2, 0.25) is 15.9 Å². The van der Waals surface area contributed by atoms with E-state index in [1.54, 1.807) is 11.9 Å². The molecule has 164 valence electrons. The number of sulfonamides is 1. The van der Waals surface area contributed by atoms with Gasteiger partial charge in [-0.3, -0.25) is 9.48 Å². The third kappa shape index (κ3) is 4.73. The van der Waals surface area contributed by atoms with Gasteiger partial charge < -0.3 is 4.90 Å². The zero-order valence-corrected chi connectivity index (χ0v) is 18.7. The monoisotopic (exact) mass is 436 g/mol. The van der Waals surface area contributed by atoms with E-state index < -0.39 is 15.8 Å². The van der Waals surface area contributed by atoms with Crippen LogP contribution in [0.3, 0.4) is 0 Å². The van der Waals surface area contributed by atoms with Crippen LogP contribution in [0.1, 0.15) is 36.2 Å². The largest absolute Gasteiger partial charge is 0.341 e. The van der Waals surface area contributed by atoms with Gasteiger partial charge in [0.1, 0.15) is 5.82 Å². The highest BCUT2D eigenvalue weighted by molar-refractivity contribution is 7.89. The normalized spacial score (nSPS) is 16.0. The number of piperidine rings is 1. The van der Waals surface area contributed by atoms with Gasteiger partial charge in [-0.25, -0.2) is 12.8 Å². The first-order valence-corrected chi connectivity index (χ1v) is 11.5. The number of carbonyl (C=O) groups excluding carboxylic acids is 1. The summed E-state index contributed by atoms with van der Waals surface area (Å²) in [5, 5.41) is 4.39. The summed E-state index contributed by atoms with van der Waals surface area (Å²) in [5.41, 5.74) is 3.03. The van der Waals surface area contributed by atoms with Gasteiger partial charge in [0.15, 0.2) is 0 Å². The van der Waals surface area contributed by atoms with Gasteiger partial charge >= 0.3 is 0 Å². The number of carbonyl (C=O) groups is 1. The Morgan fingerprint density at radius 3 is 2.50 bits per heavy atom. The number of aryl methyl sites for hydroxylation is 2. The van der Waals surface area contributed by atoms with Crippen LogP contribution in [-0.4, -0.2) is 53.4 Å². The summed E-state index contributed by atoms with van der Waals surface area (Å²) in [6.07, 6.45) is 1.61. The number of nitrogens with zero attached hydrogens (tertiary/aromatic N) is 4. The molecule has 0 bridgehead atoms. The van der Waals surface area contributed by atoms with Gasteiger partial charge in [0, 0.05) is 51.4 Å². The lowest BCUT2D eigenvalue weighted by Crippen LogP contribution is -2.39. The van der Waals surface area contributed by atoms with Crippen LogP contribution in [0.4, 0.5) is 4.39 Å². The molecule has 0 aliphatic carbocycles. The van der Waals surface area contributed by atoms with E-state index in [-0.39, 0.29) is 16.7 Å². The number of rotatable bonds is 6. The topological polar surface area (TPSA) is 75.5 Å². The Morgan fingerprint density at radius 1 is 1.27 bits per heavy atom. The standard InChI is InChI=1S/C21H29FN4O3S/c1-15-20(16(2)25(4)23-15)14-24(3)21(27)12-17-8-10-26(11-9-17)30(28,29)19-7-5-6-18(22)13-19/h5-7,13,17H,8-12,14H2,1-4H3. The third-order valence-electron chi connectivity index (χ3n) is 5.95. The van der Waals surface area contributed by atoms with Crippen molar-refractivity contribution in [3.63, 3.8) is 0 Å². The van der Waals surface area contributed by atoms with Crippen LogP contribution >= 0.6 is 0 Å². The molecule has 1 aromatic heterocycles. The van der Waals surface area contributed by atoms with E-state index in [9.17, 15) is 17.6 Å². The van der Waals surface area contributed by atoms with Gasteiger partial charge in [0.25, 0.3) is 0 Å². The van der Waals surface area contributed by atoms with E-state index in [4.69, 9.17) is 0 Å². The SMILES string of the molecule is Cc1nn(C)c(C)c1CN(C)C(=O)CC1CCN(S(=O)(=O)c2cccc(F)c2)CC1. The van der Waals surface area contributed by atoms with Crippen LogP contribution in [0.25, 0.3) is 0 Å². The second kappa shape index (κ2) is 8.85. The minimum atomic E-state index is -3.71. The molecule has 0 saturated carbocycles. The third-order valence-corrected chi connectivity index (χ3v) is 7.85. The molecular formula is C21H29FN4O3S. The van der Waals surface area contributed by atoms with Crippen molar-refractivity contribution in [3.8, 4) is 0 Å². The highest BCUT2D eigenvalue weighted by Crippen LogP contribution is 2.26. The van der Waals surface area contributed by atoms with Crippen LogP contribution in [0.2, 0.25) is 0 Å². The first-order chi connectivity index (χ1) is 14.1. The van der Waals surface area contributed by atoms with Crippen LogP contribution in [0.15, 0.2) is 29.2 Å². The predicted octanol–water partition coefficient (Wildman–Crippen LogP) is 2.63. The molecule has 1 aliphatic heterocycles. The molecule has 2 heterocycles. The number of amides is 1. The number of hydrogen-bond acceptors (Lipinski definition) is 4. The van der Waals surface area contributed by atoms with Crippen molar-refractivity contribution < 1.29 is 17.6 Å². The van der Waals surface area contributed by atoms with Crippen molar-refractivity contribution in [1.82, 2.24) is 19.0 Å². The van der Waals surface area contributed by atoms with Crippen molar-refractivity contribution in [1.29, 1.82) is 0 Å². The second-order valence-electron chi connectivity index (χ2n) is 8.03. The maximum absolute atomic E-state index is 13.4. The zero-order valence-electron chi connectivity index (χ0n) is 17.9. The number of aromatic nitrogens is 2. The molecule has 0 spiro atoms. The van der Waals surface area contributed by atoms with Crippen molar-refractivity contribution in [2.75, 3.05) is 20.1 Å². The highest BCUT2D eigenvalue weighted by Gasteiger charge is 2.31. The summed E-state index contributed by atoms with van der Waals surface area (Å²) in [6, 6.07) is 5.07. The van der Waals surface area contributed by atoms with Crippen molar-refractivity contribution in [2.24, 2.45) is 13.0 Å². The van der Waals surface area contributed by atoms with Gasteiger partial charge in [-0.15, -0.1) is 0 Å². The molecule has 1 aromatic carbocycles. The summed E-state index contributed by atoms with van der Waals surface area (Å²) in [4.78, 5) is 14.4. The first-order valence-electron chi connectivity index (χ1n) is 10.1. The summed E-state index contributed by atoms with van der Waals surface area (Å²) >= 11 is 0. The Hall–Kier alpha value is -2.26. The maximum atomic E-state index is 13.4. The smallest absolute Gasteiger partial charge is 0.243 e. The van der Waals surface area contributed by atoms with E-state index in [2.05, 4.69) is 5.10 Å². The number of benzene rings is 1. The van der Waals surface area contributed by atoms with Crippen molar-refractivity contribution in [2.45, 2.75) is 44.6 Å². The van der Waals surface area contributed by atoms with E-state index in [1.165, 1.54) is 22.5 Å². The molecule has 30 heavy (non-hydrogen) atoms. The molecule has 9 heteroatoms. The fraction of sp³-hybridized carbons (Fsp3) is 0.524. The molecule has 2 aromatic rings. The summed E-state index contributed by atoms with van der Waals surface area (Å²) in [5.74, 6) is -0.391. The molecule has 0 radical (unpaired) electrons. The lowest BCUT2D eigenvalue weighted by Gasteiger charge is -2.31. The van der Waals surface area contributed by atoms with E-state index in [0.717, 1.165) is 23.0 Å². The lowest BCUT2D eigenvalue weighted by molar-refractivity contribution is -0.131. The first kappa shape index (κ1) is 22.4. The highest BCUT2D eigenvalue weighted by atomic mass is 32.2. The quantitative estimate of drug-likeness (QED) is 0.698. The van der Waals surface area contributed by atoms with Crippen LogP contribution < -0.4 is 0 Å². The second-order valence-corrected chi connectivity index (χ2v) is 9.97. The molecule has 1 fully saturated rings. The molecule has 0 N–H and O–H groups in total. The molecule has 1 amide bonds. The Morgan fingerprint density at radius 2 is 1.93 bits per heavy atom. The molecular weight excluding hydrogens is 407 g/mol. The number of hydrogen-bond donors (Lipinski definition) is 0. The van der Waals surface area contributed by atoms with E-state index in [0.29, 0.717) is 38.9 Å². The minimum Gasteiger partial charge on any atom is -0.341 e. The van der Waals surface area contributed by atoms with Crippen molar-refractivity contribution in [3.05, 3.63) is 47.0 Å². The van der Waals surface area contributed by atoms with Crippen LogP contribution in [-0.2, 0) is 28.4 Å². The summed E-state index contributed by atoms with van der Waals surface area (Å²) < 4.78 is 42.1. The molecule has 0 atom stereocenters. The van der Waals surface area contributed by atoms with Crippen LogP contribution in [0, 0.1) is 25.6 Å². The zero-order chi connectivity index (χ0) is 22.1. The lowest BCUT2D eigenvalue weighted by atomic mass is 9.94. The maximum Gasteiger partial charge on any atom is 0.243 e. The van der Waals surface area contributed by atoms with E-state index >= 15 is 0 Å². The average Bonchev–Trinajstić information content (AvgIpc) is 2.94. The summed E-state index contributed by atoms with van der Waals surface area (Å²) in [6.45, 7) is 5.11. The number of halogens is 1.